The van der Waals surface area contributed by atoms with Crippen LogP contribution in [0.3, 0.4) is 0 Å². The van der Waals surface area contributed by atoms with Crippen LogP contribution in [0.1, 0.15) is 57.9 Å². The molecule has 0 unspecified atom stereocenters. The fourth-order valence-corrected chi connectivity index (χ4v) is 8.08. The molecule has 7 rings (SSSR count). The van der Waals surface area contributed by atoms with Crippen LogP contribution in [-0.4, -0.2) is 68.0 Å². The van der Waals surface area contributed by atoms with E-state index in [1.54, 1.807) is 18.2 Å². The van der Waals surface area contributed by atoms with Gasteiger partial charge in [0.25, 0.3) is 17.5 Å². The normalized spacial score (nSPS) is 33.2. The Morgan fingerprint density at radius 2 is 1.71 bits per heavy atom. The first kappa shape index (κ1) is 27.2. The molecular weight excluding hydrogens is 532 g/mol. The van der Waals surface area contributed by atoms with Crippen LogP contribution >= 0.6 is 0 Å². The van der Waals surface area contributed by atoms with Gasteiger partial charge < -0.3 is 30.2 Å². The standard InChI is InChI=1S/C33H38N4O5/c1-18(2)19(3)33-31(40,22-12-8-10-14-24(22)35-33)28(42-6)32(41)29(39)36-16-15-30(4,5)26-21(17-25(36)27(38)37(32)33)20-11-7-9-13-23(20)34-26/h7-14,17-19,28,34-35,40-41H,15-16H2,1-6H3/b25-17-/t19-,28+,31+,32+,33+/m0/s1. The lowest BCUT2D eigenvalue weighted by molar-refractivity contribution is -0.209. The Labute approximate surface area is 245 Å². The first-order valence-electron chi connectivity index (χ1n) is 14.7. The van der Waals surface area contributed by atoms with Crippen molar-refractivity contribution in [2.24, 2.45) is 11.8 Å². The summed E-state index contributed by atoms with van der Waals surface area (Å²) in [5.41, 5.74) is -2.29. The van der Waals surface area contributed by atoms with E-state index in [0.717, 1.165) is 22.2 Å². The number of hydrogen-bond acceptors (Lipinski definition) is 6. The highest BCUT2D eigenvalue weighted by molar-refractivity contribution is 6.11. The van der Waals surface area contributed by atoms with Gasteiger partial charge in [0, 0.05) is 58.4 Å². The molecule has 4 aliphatic rings. The Morgan fingerprint density at radius 1 is 1.02 bits per heavy atom. The maximum Gasteiger partial charge on any atom is 0.283 e. The summed E-state index contributed by atoms with van der Waals surface area (Å²) in [5.74, 6) is -1.69. The predicted octanol–water partition coefficient (Wildman–Crippen LogP) is 3.88. The zero-order valence-corrected chi connectivity index (χ0v) is 24.9. The third-order valence-corrected chi connectivity index (χ3v) is 10.5. The summed E-state index contributed by atoms with van der Waals surface area (Å²) < 4.78 is 5.90. The number of anilines is 1. The molecule has 0 saturated carbocycles. The van der Waals surface area contributed by atoms with Gasteiger partial charge in [-0.1, -0.05) is 71.0 Å². The Kier molecular flexibility index (Phi) is 5.48. The van der Waals surface area contributed by atoms with Crippen LogP contribution in [-0.2, 0) is 25.3 Å². The molecule has 0 radical (unpaired) electrons. The first-order chi connectivity index (χ1) is 19.9. The Morgan fingerprint density at radius 3 is 2.43 bits per heavy atom. The number of fused-ring (bicyclic) bond motifs is 9. The molecule has 220 valence electrons. The summed E-state index contributed by atoms with van der Waals surface area (Å²) in [5, 5.41) is 29.9. The topological polar surface area (TPSA) is 118 Å². The van der Waals surface area contributed by atoms with Crippen LogP contribution in [0.25, 0.3) is 17.0 Å². The van der Waals surface area contributed by atoms with E-state index in [0.29, 0.717) is 17.7 Å². The van der Waals surface area contributed by atoms with E-state index in [4.69, 9.17) is 4.74 Å². The van der Waals surface area contributed by atoms with Gasteiger partial charge in [-0.25, -0.2) is 0 Å². The number of piperazine rings is 1. The van der Waals surface area contributed by atoms with E-state index in [1.165, 1.54) is 16.9 Å². The van der Waals surface area contributed by atoms with Gasteiger partial charge in [0.15, 0.2) is 17.4 Å². The summed E-state index contributed by atoms with van der Waals surface area (Å²) in [6, 6.07) is 15.2. The summed E-state index contributed by atoms with van der Waals surface area (Å²) in [7, 11) is 1.37. The van der Waals surface area contributed by atoms with Gasteiger partial charge in [-0.05, 0) is 30.5 Å². The number of nitrogens with one attached hydrogen (secondary N) is 2. The number of H-pyrrole nitrogens is 1. The number of carbonyl (C=O) groups is 2. The average molecular weight is 571 g/mol. The molecule has 2 saturated heterocycles. The number of nitrogens with zero attached hydrogens (tertiary/aromatic N) is 2. The Hall–Kier alpha value is -3.66. The number of aromatic nitrogens is 1. The lowest BCUT2D eigenvalue weighted by Gasteiger charge is -2.52. The lowest BCUT2D eigenvalue weighted by atomic mass is 9.72. The maximum absolute atomic E-state index is 15.0. The second-order valence-electron chi connectivity index (χ2n) is 13.3. The number of para-hydroxylation sites is 2. The lowest BCUT2D eigenvalue weighted by Crippen LogP contribution is -2.74. The van der Waals surface area contributed by atoms with Crippen LogP contribution < -0.4 is 5.32 Å². The minimum atomic E-state index is -2.46. The number of aliphatic hydroxyl groups is 2. The van der Waals surface area contributed by atoms with E-state index < -0.39 is 40.8 Å². The monoisotopic (exact) mass is 570 g/mol. The van der Waals surface area contributed by atoms with Crippen molar-refractivity contribution in [2.45, 2.75) is 69.5 Å². The quantitative estimate of drug-likeness (QED) is 0.380. The zero-order chi connectivity index (χ0) is 30.0. The van der Waals surface area contributed by atoms with Gasteiger partial charge >= 0.3 is 0 Å². The maximum atomic E-state index is 15.0. The number of carbonyl (C=O) groups excluding carboxylic acids is 2. The van der Waals surface area contributed by atoms with Crippen molar-refractivity contribution in [2.75, 3.05) is 19.0 Å². The van der Waals surface area contributed by atoms with E-state index in [2.05, 4.69) is 24.1 Å². The molecular formula is C33H38N4O5. The summed E-state index contributed by atoms with van der Waals surface area (Å²) >= 11 is 0. The predicted molar refractivity (Wildman–Crippen MR) is 159 cm³/mol. The number of rotatable bonds is 3. The Bertz CT molecular complexity index is 1690. The van der Waals surface area contributed by atoms with Gasteiger partial charge in [-0.3, -0.25) is 14.5 Å². The third-order valence-electron chi connectivity index (χ3n) is 10.5. The van der Waals surface area contributed by atoms with Crippen molar-refractivity contribution < 1.29 is 24.5 Å². The highest BCUT2D eigenvalue weighted by Crippen LogP contribution is 2.64. The first-order valence-corrected chi connectivity index (χ1v) is 14.7. The molecule has 9 heteroatoms. The van der Waals surface area contributed by atoms with Crippen LogP contribution in [0, 0.1) is 11.8 Å². The highest BCUT2D eigenvalue weighted by Gasteiger charge is 2.84. The minimum absolute atomic E-state index is 0.0496. The second-order valence-corrected chi connectivity index (χ2v) is 13.3. The van der Waals surface area contributed by atoms with E-state index in [1.807, 2.05) is 57.2 Å². The van der Waals surface area contributed by atoms with Gasteiger partial charge in [-0.2, -0.15) is 0 Å². The summed E-state index contributed by atoms with van der Waals surface area (Å²) in [6.07, 6.45) is 0.863. The number of benzene rings is 2. The van der Waals surface area contributed by atoms with Crippen molar-refractivity contribution in [3.63, 3.8) is 0 Å². The number of ether oxygens (including phenoxy) is 1. The molecule has 42 heavy (non-hydrogen) atoms. The minimum Gasteiger partial charge on any atom is -0.378 e. The van der Waals surface area contributed by atoms with Crippen molar-refractivity contribution >= 4 is 34.5 Å². The summed E-state index contributed by atoms with van der Waals surface area (Å²) in [4.78, 5) is 35.9. The smallest absolute Gasteiger partial charge is 0.283 e. The fraction of sp³-hybridized carbons (Fsp3) is 0.455. The van der Waals surface area contributed by atoms with Crippen LogP contribution in [0.15, 0.2) is 54.2 Å². The van der Waals surface area contributed by atoms with Crippen LogP contribution in [0.5, 0.6) is 0 Å². The van der Waals surface area contributed by atoms with E-state index in [9.17, 15) is 15.0 Å². The van der Waals surface area contributed by atoms with Crippen molar-refractivity contribution in [3.05, 3.63) is 71.0 Å². The van der Waals surface area contributed by atoms with Gasteiger partial charge in [0.05, 0.1) is 0 Å². The molecule has 0 aliphatic carbocycles. The molecule has 1 aromatic heterocycles. The van der Waals surface area contributed by atoms with Crippen molar-refractivity contribution in [1.82, 2.24) is 14.8 Å². The molecule has 2 fully saturated rings. The second kappa shape index (κ2) is 8.46. The van der Waals surface area contributed by atoms with Crippen LogP contribution in [0.4, 0.5) is 5.69 Å². The van der Waals surface area contributed by atoms with Crippen molar-refractivity contribution in [1.29, 1.82) is 0 Å². The fourth-order valence-electron chi connectivity index (χ4n) is 8.08. The zero-order valence-electron chi connectivity index (χ0n) is 24.9. The molecule has 2 aromatic carbocycles. The van der Waals surface area contributed by atoms with Crippen molar-refractivity contribution in [3.8, 4) is 0 Å². The van der Waals surface area contributed by atoms with E-state index >= 15 is 4.79 Å². The Balaban J connectivity index is 1.53. The SMILES string of the molecule is CO[C@@H]1[C@]2(O)c3ccccc3N[C@]2([C@@H](C)C(C)C)N2C(=O)/C3=C/c4c([nH]c5ccccc45)C(C)(C)CCN3C(=O)[C@]12O. The molecule has 4 aliphatic heterocycles. The highest BCUT2D eigenvalue weighted by atomic mass is 16.5. The molecule has 3 aromatic rings. The molecule has 0 bridgehead atoms. The summed E-state index contributed by atoms with van der Waals surface area (Å²) in [6.45, 7) is 10.4. The number of hydrogen-bond donors (Lipinski definition) is 4. The van der Waals surface area contributed by atoms with E-state index in [-0.39, 0.29) is 23.6 Å². The number of aromatic amines is 1. The third kappa shape index (κ3) is 2.94. The van der Waals surface area contributed by atoms with Gasteiger partial charge in [0.2, 0.25) is 0 Å². The molecule has 4 N–H and O–H groups in total. The number of methoxy groups -OCH3 is 1. The molecule has 5 atom stereocenters. The molecule has 9 nitrogen and oxygen atoms in total. The molecule has 5 heterocycles. The largest absolute Gasteiger partial charge is 0.378 e. The average Bonchev–Trinajstić information content (AvgIpc) is 3.50. The molecule has 0 spiro atoms. The van der Waals surface area contributed by atoms with Gasteiger partial charge in [-0.15, -0.1) is 0 Å². The van der Waals surface area contributed by atoms with Crippen LogP contribution in [0.2, 0.25) is 0 Å². The number of amides is 2. The molecule has 2 amide bonds. The van der Waals surface area contributed by atoms with Gasteiger partial charge in [0.1, 0.15) is 5.70 Å².